The van der Waals surface area contributed by atoms with Crippen LogP contribution in [0.3, 0.4) is 0 Å². The first kappa shape index (κ1) is 13.7. The van der Waals surface area contributed by atoms with Crippen LogP contribution in [-0.4, -0.2) is 25.2 Å². The molecular weight excluding hydrogens is 220 g/mol. The lowest BCUT2D eigenvalue weighted by atomic mass is 10.0. The average Bonchev–Trinajstić information content (AvgIpc) is 2.98. The molecule has 0 bridgehead atoms. The summed E-state index contributed by atoms with van der Waals surface area (Å²) in [5.41, 5.74) is -1.14. The largest absolute Gasteiger partial charge is 0.465 e. The van der Waals surface area contributed by atoms with Crippen LogP contribution >= 0.6 is 0 Å². The van der Waals surface area contributed by atoms with Gasteiger partial charge in [-0.05, 0) is 19.8 Å². The van der Waals surface area contributed by atoms with Crippen LogP contribution in [0.4, 0.5) is 0 Å². The van der Waals surface area contributed by atoms with E-state index in [2.05, 4.69) is 6.58 Å². The minimum absolute atomic E-state index is 0.0434. The fourth-order valence-corrected chi connectivity index (χ4v) is 2.57. The van der Waals surface area contributed by atoms with Crippen LogP contribution in [0.2, 0.25) is 0 Å². The summed E-state index contributed by atoms with van der Waals surface area (Å²) in [6, 6.07) is 0. The zero-order valence-corrected chi connectivity index (χ0v) is 10.7. The molecular formula is C13H20O4. The van der Waals surface area contributed by atoms with E-state index >= 15 is 0 Å². The highest BCUT2D eigenvalue weighted by molar-refractivity contribution is 6.05. The second-order valence-electron chi connectivity index (χ2n) is 4.09. The second-order valence-corrected chi connectivity index (χ2v) is 4.09. The number of carbonyl (C=O) groups is 2. The van der Waals surface area contributed by atoms with Gasteiger partial charge in [0.05, 0.1) is 13.2 Å². The number of hydrogen-bond donors (Lipinski definition) is 0. The van der Waals surface area contributed by atoms with E-state index in [1.807, 2.05) is 6.92 Å². The maximum atomic E-state index is 12.0. The van der Waals surface area contributed by atoms with Crippen LogP contribution in [0.1, 0.15) is 27.2 Å². The molecule has 0 aliphatic heterocycles. The molecule has 96 valence electrons. The maximum absolute atomic E-state index is 12.0. The molecule has 1 rings (SSSR count). The summed E-state index contributed by atoms with van der Waals surface area (Å²) in [5, 5.41) is 0. The Morgan fingerprint density at radius 2 is 1.65 bits per heavy atom. The van der Waals surface area contributed by atoms with Crippen LogP contribution in [0.5, 0.6) is 0 Å². The van der Waals surface area contributed by atoms with E-state index in [0.717, 1.165) is 6.42 Å². The lowest BCUT2D eigenvalue weighted by Crippen LogP contribution is -2.33. The van der Waals surface area contributed by atoms with Crippen LogP contribution in [-0.2, 0) is 19.1 Å². The number of esters is 2. The van der Waals surface area contributed by atoms with E-state index in [1.54, 1.807) is 19.9 Å². The number of carbonyl (C=O) groups excluding carboxylic acids is 2. The molecule has 0 heterocycles. The van der Waals surface area contributed by atoms with Crippen molar-refractivity contribution in [3.8, 4) is 0 Å². The van der Waals surface area contributed by atoms with Crippen molar-refractivity contribution in [2.75, 3.05) is 13.2 Å². The van der Waals surface area contributed by atoms with Gasteiger partial charge in [0.1, 0.15) is 0 Å². The van der Waals surface area contributed by atoms with Crippen molar-refractivity contribution in [3.05, 3.63) is 12.7 Å². The van der Waals surface area contributed by atoms with Gasteiger partial charge in [-0.1, -0.05) is 19.4 Å². The van der Waals surface area contributed by atoms with E-state index in [9.17, 15) is 9.59 Å². The molecule has 4 heteroatoms. The summed E-state index contributed by atoms with van der Waals surface area (Å²) < 4.78 is 10.0. The smallest absolute Gasteiger partial charge is 0.324 e. The quantitative estimate of drug-likeness (QED) is 0.404. The molecule has 17 heavy (non-hydrogen) atoms. The SMILES string of the molecule is C=C[C@@H]1[C@@H](CC)C1(C(=O)OCC)C(=O)OCC. The number of hydrogen-bond acceptors (Lipinski definition) is 4. The summed E-state index contributed by atoms with van der Waals surface area (Å²) in [6.45, 7) is 9.61. The van der Waals surface area contributed by atoms with Crippen molar-refractivity contribution in [1.82, 2.24) is 0 Å². The predicted octanol–water partition coefficient (Wildman–Crippen LogP) is 1.94. The van der Waals surface area contributed by atoms with Gasteiger partial charge >= 0.3 is 11.9 Å². The van der Waals surface area contributed by atoms with Crippen molar-refractivity contribution in [3.63, 3.8) is 0 Å². The van der Waals surface area contributed by atoms with Gasteiger partial charge in [0.25, 0.3) is 0 Å². The number of rotatable bonds is 6. The second kappa shape index (κ2) is 5.34. The van der Waals surface area contributed by atoms with Crippen LogP contribution < -0.4 is 0 Å². The fourth-order valence-electron chi connectivity index (χ4n) is 2.57. The van der Waals surface area contributed by atoms with E-state index in [4.69, 9.17) is 9.47 Å². The molecule has 0 spiro atoms. The molecule has 0 aromatic rings. The molecule has 0 unspecified atom stereocenters. The van der Waals surface area contributed by atoms with Gasteiger partial charge in [0, 0.05) is 5.92 Å². The van der Waals surface area contributed by atoms with Gasteiger partial charge in [0.2, 0.25) is 0 Å². The molecule has 4 nitrogen and oxygen atoms in total. The first-order valence-electron chi connectivity index (χ1n) is 6.08. The molecule has 2 atom stereocenters. The molecule has 0 radical (unpaired) electrons. The van der Waals surface area contributed by atoms with Gasteiger partial charge in [-0.2, -0.15) is 0 Å². The molecule has 1 saturated carbocycles. The van der Waals surface area contributed by atoms with Gasteiger partial charge in [-0.3, -0.25) is 9.59 Å². The Balaban J connectivity index is 2.99. The summed E-state index contributed by atoms with van der Waals surface area (Å²) in [6.07, 6.45) is 2.39. The maximum Gasteiger partial charge on any atom is 0.324 e. The molecule has 0 aromatic heterocycles. The van der Waals surface area contributed by atoms with Crippen molar-refractivity contribution in [2.24, 2.45) is 17.3 Å². The minimum Gasteiger partial charge on any atom is -0.465 e. The first-order chi connectivity index (χ1) is 8.10. The minimum atomic E-state index is -1.14. The summed E-state index contributed by atoms with van der Waals surface area (Å²) in [5.74, 6) is -1.16. The molecule has 0 saturated heterocycles. The highest BCUT2D eigenvalue weighted by Gasteiger charge is 2.74. The molecule has 0 aromatic carbocycles. The van der Waals surface area contributed by atoms with E-state index in [1.165, 1.54) is 0 Å². The Morgan fingerprint density at radius 1 is 1.18 bits per heavy atom. The number of allylic oxidation sites excluding steroid dienone is 1. The van der Waals surface area contributed by atoms with Gasteiger partial charge < -0.3 is 9.47 Å². The predicted molar refractivity (Wildman–Crippen MR) is 63.2 cm³/mol. The summed E-state index contributed by atoms with van der Waals surface area (Å²) >= 11 is 0. The molecule has 0 amide bonds. The summed E-state index contributed by atoms with van der Waals surface area (Å²) in [7, 11) is 0. The van der Waals surface area contributed by atoms with Gasteiger partial charge in [-0.25, -0.2) is 0 Å². The lowest BCUT2D eigenvalue weighted by Gasteiger charge is -2.14. The van der Waals surface area contributed by atoms with E-state index < -0.39 is 17.4 Å². The Bertz CT molecular complexity index is 303. The van der Waals surface area contributed by atoms with Crippen LogP contribution in [0.15, 0.2) is 12.7 Å². The third kappa shape index (κ3) is 1.96. The highest BCUT2D eigenvalue weighted by Crippen LogP contribution is 2.62. The standard InChI is InChI=1S/C13H20O4/c1-5-9-10(6-2)13(9,11(14)16-7-3)12(15)17-8-4/h5,9-10H,1,6-8H2,2-4H3/t9-,10-/m1/s1. The van der Waals surface area contributed by atoms with Gasteiger partial charge in [0.15, 0.2) is 5.41 Å². The fraction of sp³-hybridized carbons (Fsp3) is 0.692. The van der Waals surface area contributed by atoms with E-state index in [-0.39, 0.29) is 25.0 Å². The Kier molecular flexibility index (Phi) is 4.32. The Hall–Kier alpha value is -1.32. The van der Waals surface area contributed by atoms with Crippen molar-refractivity contribution < 1.29 is 19.1 Å². The normalized spacial score (nSPS) is 24.9. The third-order valence-corrected chi connectivity index (χ3v) is 3.36. The summed E-state index contributed by atoms with van der Waals surface area (Å²) in [4.78, 5) is 24.0. The molecule has 1 fully saturated rings. The Labute approximate surface area is 102 Å². The van der Waals surface area contributed by atoms with E-state index in [0.29, 0.717) is 0 Å². The monoisotopic (exact) mass is 240 g/mol. The van der Waals surface area contributed by atoms with Crippen molar-refractivity contribution in [2.45, 2.75) is 27.2 Å². The number of ether oxygens (including phenoxy) is 2. The van der Waals surface area contributed by atoms with Crippen LogP contribution in [0, 0.1) is 17.3 Å². The first-order valence-corrected chi connectivity index (χ1v) is 6.08. The molecule has 0 N–H and O–H groups in total. The topological polar surface area (TPSA) is 52.6 Å². The lowest BCUT2D eigenvalue weighted by molar-refractivity contribution is -0.165. The highest BCUT2D eigenvalue weighted by atomic mass is 16.6. The van der Waals surface area contributed by atoms with Crippen molar-refractivity contribution >= 4 is 11.9 Å². The zero-order valence-electron chi connectivity index (χ0n) is 10.7. The van der Waals surface area contributed by atoms with Crippen molar-refractivity contribution in [1.29, 1.82) is 0 Å². The molecule has 1 aliphatic rings. The average molecular weight is 240 g/mol. The van der Waals surface area contributed by atoms with Crippen LogP contribution in [0.25, 0.3) is 0 Å². The Morgan fingerprint density at radius 3 is 1.88 bits per heavy atom. The molecule has 1 aliphatic carbocycles. The zero-order chi connectivity index (χ0) is 13.1. The van der Waals surface area contributed by atoms with Gasteiger partial charge in [-0.15, -0.1) is 6.58 Å². The third-order valence-electron chi connectivity index (χ3n) is 3.36.